The van der Waals surface area contributed by atoms with Gasteiger partial charge in [-0.2, -0.15) is 5.26 Å². The Hall–Kier alpha value is -3.30. The van der Waals surface area contributed by atoms with E-state index in [1.165, 1.54) is 12.3 Å². The van der Waals surface area contributed by atoms with Gasteiger partial charge in [-0.05, 0) is 42.0 Å². The number of hydrogen-bond donors (Lipinski definition) is 1. The van der Waals surface area contributed by atoms with E-state index in [4.69, 9.17) is 9.15 Å². The van der Waals surface area contributed by atoms with E-state index in [2.05, 4.69) is 21.2 Å². The molecule has 0 radical (unpaired) electrons. The smallest absolute Gasteiger partial charge is 0.262 e. The highest BCUT2D eigenvalue weighted by Gasteiger charge is 2.11. The lowest BCUT2D eigenvalue weighted by atomic mass is 10.1. The molecule has 3 rings (SSSR count). The zero-order chi connectivity index (χ0) is 19.8. The molecule has 0 spiro atoms. The van der Waals surface area contributed by atoms with Crippen LogP contribution in [-0.2, 0) is 17.9 Å². The van der Waals surface area contributed by atoms with Crippen molar-refractivity contribution < 1.29 is 13.9 Å². The Labute approximate surface area is 171 Å². The number of para-hydroxylation sites is 1. The standard InChI is InChI=1S/C22H17BrN2O3/c23-19-9-7-16(8-10-19)15-28-21-6-2-1-4-17(21)12-18(13-24)22(26)25-14-20-5-3-11-27-20/h1-12H,14-15H2,(H,25,26)/b18-12+. The van der Waals surface area contributed by atoms with E-state index in [1.807, 2.05) is 42.5 Å². The van der Waals surface area contributed by atoms with Crippen molar-refractivity contribution in [3.63, 3.8) is 0 Å². The lowest BCUT2D eigenvalue weighted by molar-refractivity contribution is -0.117. The fourth-order valence-electron chi connectivity index (χ4n) is 2.45. The van der Waals surface area contributed by atoms with Gasteiger partial charge >= 0.3 is 0 Å². The van der Waals surface area contributed by atoms with Gasteiger partial charge in [0.05, 0.1) is 12.8 Å². The van der Waals surface area contributed by atoms with E-state index in [-0.39, 0.29) is 12.1 Å². The SMILES string of the molecule is N#C/C(=C\c1ccccc1OCc1ccc(Br)cc1)C(=O)NCc1ccco1. The number of carbonyl (C=O) groups is 1. The number of nitrogens with one attached hydrogen (secondary N) is 1. The van der Waals surface area contributed by atoms with Crippen LogP contribution in [0, 0.1) is 11.3 Å². The van der Waals surface area contributed by atoms with E-state index in [9.17, 15) is 10.1 Å². The third kappa shape index (κ3) is 5.35. The predicted molar refractivity (Wildman–Crippen MR) is 109 cm³/mol. The number of furan rings is 1. The van der Waals surface area contributed by atoms with Crippen molar-refractivity contribution in [2.45, 2.75) is 13.2 Å². The van der Waals surface area contributed by atoms with Crippen LogP contribution in [0.4, 0.5) is 0 Å². The van der Waals surface area contributed by atoms with E-state index < -0.39 is 5.91 Å². The molecule has 5 nitrogen and oxygen atoms in total. The predicted octanol–water partition coefficient (Wildman–Crippen LogP) is 4.84. The Morgan fingerprint density at radius 1 is 1.14 bits per heavy atom. The Balaban J connectivity index is 1.71. The molecule has 140 valence electrons. The molecule has 6 heteroatoms. The van der Waals surface area contributed by atoms with E-state index in [1.54, 1.807) is 24.3 Å². The second-order valence-electron chi connectivity index (χ2n) is 5.88. The van der Waals surface area contributed by atoms with Gasteiger partial charge in [-0.3, -0.25) is 4.79 Å². The van der Waals surface area contributed by atoms with Gasteiger partial charge in [0.1, 0.15) is 29.8 Å². The minimum absolute atomic E-state index is 0.00810. The fourth-order valence-corrected chi connectivity index (χ4v) is 2.72. The van der Waals surface area contributed by atoms with Crippen LogP contribution in [0.5, 0.6) is 5.75 Å². The maximum absolute atomic E-state index is 12.3. The quantitative estimate of drug-likeness (QED) is 0.424. The molecule has 1 amide bonds. The van der Waals surface area contributed by atoms with Crippen molar-refractivity contribution >= 4 is 27.9 Å². The van der Waals surface area contributed by atoms with Crippen LogP contribution >= 0.6 is 15.9 Å². The van der Waals surface area contributed by atoms with E-state index >= 15 is 0 Å². The van der Waals surface area contributed by atoms with E-state index in [0.29, 0.717) is 23.7 Å². The Bertz CT molecular complexity index is 1000. The highest BCUT2D eigenvalue weighted by molar-refractivity contribution is 9.10. The van der Waals surface area contributed by atoms with Crippen LogP contribution in [-0.4, -0.2) is 5.91 Å². The zero-order valence-corrected chi connectivity index (χ0v) is 16.5. The van der Waals surface area contributed by atoms with Gasteiger partial charge in [-0.1, -0.05) is 46.3 Å². The van der Waals surface area contributed by atoms with Crippen LogP contribution < -0.4 is 10.1 Å². The molecule has 1 aromatic heterocycles. The summed E-state index contributed by atoms with van der Waals surface area (Å²) in [6.45, 7) is 0.595. The molecule has 1 N–H and O–H groups in total. The maximum Gasteiger partial charge on any atom is 0.262 e. The Kier molecular flexibility index (Phi) is 6.66. The first-order valence-corrected chi connectivity index (χ1v) is 9.33. The first kappa shape index (κ1) is 19.5. The number of ether oxygens (including phenoxy) is 1. The molecule has 0 aliphatic carbocycles. The summed E-state index contributed by atoms with van der Waals surface area (Å²) >= 11 is 3.40. The number of halogens is 1. The number of amides is 1. The number of carbonyl (C=O) groups excluding carboxylic acids is 1. The molecule has 0 aliphatic rings. The van der Waals surface area contributed by atoms with Gasteiger partial charge in [0.15, 0.2) is 0 Å². The van der Waals surface area contributed by atoms with Crippen LogP contribution in [0.3, 0.4) is 0 Å². The normalized spacial score (nSPS) is 10.9. The van der Waals surface area contributed by atoms with Crippen LogP contribution in [0.1, 0.15) is 16.9 Å². The summed E-state index contributed by atoms with van der Waals surface area (Å²) in [6.07, 6.45) is 3.05. The third-order valence-corrected chi connectivity index (χ3v) is 4.42. The summed E-state index contributed by atoms with van der Waals surface area (Å²) in [7, 11) is 0. The molecular formula is C22H17BrN2O3. The number of hydrogen-bond acceptors (Lipinski definition) is 4. The van der Waals surface area contributed by atoms with Crippen LogP contribution in [0.2, 0.25) is 0 Å². The molecule has 28 heavy (non-hydrogen) atoms. The molecule has 1 heterocycles. The Morgan fingerprint density at radius 3 is 2.64 bits per heavy atom. The van der Waals surface area contributed by atoms with Gasteiger partial charge in [0.25, 0.3) is 5.91 Å². The van der Waals surface area contributed by atoms with Gasteiger partial charge in [0.2, 0.25) is 0 Å². The molecular weight excluding hydrogens is 420 g/mol. The highest BCUT2D eigenvalue weighted by Crippen LogP contribution is 2.22. The van der Waals surface area contributed by atoms with Crippen molar-refractivity contribution in [2.75, 3.05) is 0 Å². The third-order valence-electron chi connectivity index (χ3n) is 3.89. The molecule has 0 saturated heterocycles. The van der Waals surface area contributed by atoms with Gasteiger partial charge in [0, 0.05) is 10.0 Å². The topological polar surface area (TPSA) is 75.3 Å². The summed E-state index contributed by atoms with van der Waals surface area (Å²) in [6, 6.07) is 20.5. The lowest BCUT2D eigenvalue weighted by Gasteiger charge is -2.10. The van der Waals surface area contributed by atoms with Gasteiger partial charge in [-0.25, -0.2) is 0 Å². The largest absolute Gasteiger partial charge is 0.488 e. The molecule has 2 aromatic carbocycles. The number of nitrogens with zero attached hydrogens (tertiary/aromatic N) is 1. The summed E-state index contributed by atoms with van der Waals surface area (Å²) in [5.41, 5.74) is 1.66. The first-order chi connectivity index (χ1) is 13.7. The summed E-state index contributed by atoms with van der Waals surface area (Å²) < 4.78 is 12.1. The van der Waals surface area contributed by atoms with Crippen molar-refractivity contribution in [3.05, 3.63) is 93.9 Å². The van der Waals surface area contributed by atoms with E-state index in [0.717, 1.165) is 10.0 Å². The monoisotopic (exact) mass is 436 g/mol. The summed E-state index contributed by atoms with van der Waals surface area (Å²) in [5.74, 6) is 0.738. The molecule has 0 saturated carbocycles. The highest BCUT2D eigenvalue weighted by atomic mass is 79.9. The van der Waals surface area contributed by atoms with Crippen molar-refractivity contribution in [1.82, 2.24) is 5.32 Å². The first-order valence-electron chi connectivity index (χ1n) is 8.54. The van der Waals surface area contributed by atoms with Crippen molar-refractivity contribution in [2.24, 2.45) is 0 Å². The minimum atomic E-state index is -0.471. The maximum atomic E-state index is 12.3. The molecule has 3 aromatic rings. The molecule has 0 unspecified atom stereocenters. The summed E-state index contributed by atoms with van der Waals surface area (Å²) in [5, 5.41) is 12.1. The number of rotatable bonds is 7. The fraction of sp³-hybridized carbons (Fsp3) is 0.0909. The zero-order valence-electron chi connectivity index (χ0n) is 14.9. The Morgan fingerprint density at radius 2 is 1.93 bits per heavy atom. The number of nitriles is 1. The van der Waals surface area contributed by atoms with Crippen LogP contribution in [0.15, 0.2) is 81.4 Å². The molecule has 0 bridgehead atoms. The van der Waals surface area contributed by atoms with Crippen LogP contribution in [0.25, 0.3) is 6.08 Å². The van der Waals surface area contributed by atoms with Crippen molar-refractivity contribution in [3.8, 4) is 11.8 Å². The average molecular weight is 437 g/mol. The second-order valence-corrected chi connectivity index (χ2v) is 6.80. The second kappa shape index (κ2) is 9.58. The minimum Gasteiger partial charge on any atom is -0.488 e. The van der Waals surface area contributed by atoms with Gasteiger partial charge in [-0.15, -0.1) is 0 Å². The molecule has 0 fully saturated rings. The molecule has 0 aliphatic heterocycles. The lowest BCUT2D eigenvalue weighted by Crippen LogP contribution is -2.23. The summed E-state index contributed by atoms with van der Waals surface area (Å²) in [4.78, 5) is 12.3. The number of benzene rings is 2. The molecule has 0 atom stereocenters. The average Bonchev–Trinajstić information content (AvgIpc) is 3.24. The van der Waals surface area contributed by atoms with Crippen molar-refractivity contribution in [1.29, 1.82) is 5.26 Å². The van der Waals surface area contributed by atoms with Gasteiger partial charge < -0.3 is 14.5 Å².